The van der Waals surface area contributed by atoms with Crippen molar-refractivity contribution >= 4 is 0 Å². The van der Waals surface area contributed by atoms with Gasteiger partial charge in [0.15, 0.2) is 0 Å². The predicted octanol–water partition coefficient (Wildman–Crippen LogP) is -0.0305. The number of nitrogens with zero attached hydrogens (tertiary/aromatic N) is 2. The van der Waals surface area contributed by atoms with Gasteiger partial charge in [0.25, 0.3) is 0 Å². The number of hydrogen-bond donors (Lipinski definition) is 1. The molecule has 0 aliphatic carbocycles. The molecule has 0 saturated carbocycles. The molecule has 0 aromatic carbocycles. The van der Waals surface area contributed by atoms with Crippen LogP contribution in [-0.2, 0) is 0 Å². The Labute approximate surface area is 75.5 Å². The van der Waals surface area contributed by atoms with Crippen molar-refractivity contribution in [2.24, 2.45) is 5.73 Å². The lowest BCUT2D eigenvalue weighted by Crippen LogP contribution is -2.43. The van der Waals surface area contributed by atoms with Gasteiger partial charge in [0.1, 0.15) is 0 Å². The first kappa shape index (κ1) is 9.96. The molecule has 1 aliphatic rings. The molecule has 0 radical (unpaired) electrons. The van der Waals surface area contributed by atoms with Crippen LogP contribution in [0.1, 0.15) is 13.3 Å². The van der Waals surface area contributed by atoms with Gasteiger partial charge in [0, 0.05) is 25.2 Å². The van der Waals surface area contributed by atoms with Gasteiger partial charge in [0.2, 0.25) is 0 Å². The monoisotopic (exact) mass is 171 g/mol. The standard InChI is InChI=1S/C9H21N3/c1-8-4-5-11(2)9(6-10)7-12(8)3/h8-9H,4-7,10H2,1-3H3. The van der Waals surface area contributed by atoms with E-state index in [1.165, 1.54) is 13.0 Å². The van der Waals surface area contributed by atoms with Crippen LogP contribution in [0.5, 0.6) is 0 Å². The topological polar surface area (TPSA) is 32.5 Å². The van der Waals surface area contributed by atoms with E-state index in [9.17, 15) is 0 Å². The van der Waals surface area contributed by atoms with E-state index in [4.69, 9.17) is 5.73 Å². The Hall–Kier alpha value is -0.120. The van der Waals surface area contributed by atoms with Crippen molar-refractivity contribution < 1.29 is 0 Å². The fraction of sp³-hybridized carbons (Fsp3) is 1.00. The molecule has 3 heteroatoms. The molecule has 1 rings (SSSR count). The molecule has 2 unspecified atom stereocenters. The zero-order valence-electron chi connectivity index (χ0n) is 8.45. The van der Waals surface area contributed by atoms with Gasteiger partial charge >= 0.3 is 0 Å². The van der Waals surface area contributed by atoms with Crippen LogP contribution in [-0.4, -0.2) is 55.6 Å². The fourth-order valence-electron chi connectivity index (χ4n) is 1.70. The minimum atomic E-state index is 0.542. The molecule has 1 saturated heterocycles. The van der Waals surface area contributed by atoms with Crippen molar-refractivity contribution in [3.05, 3.63) is 0 Å². The summed E-state index contributed by atoms with van der Waals surface area (Å²) >= 11 is 0. The third-order valence-corrected chi connectivity index (χ3v) is 3.05. The third-order valence-electron chi connectivity index (χ3n) is 3.05. The molecule has 0 aromatic heterocycles. The van der Waals surface area contributed by atoms with Gasteiger partial charge in [0.05, 0.1) is 0 Å². The zero-order valence-corrected chi connectivity index (χ0v) is 8.45. The molecule has 0 spiro atoms. The van der Waals surface area contributed by atoms with Gasteiger partial charge in [-0.3, -0.25) is 0 Å². The van der Waals surface area contributed by atoms with Crippen molar-refractivity contribution in [1.82, 2.24) is 9.80 Å². The highest BCUT2D eigenvalue weighted by molar-refractivity contribution is 4.80. The number of likely N-dealkylation sites (N-methyl/N-ethyl adjacent to an activating group) is 2. The molecule has 1 heterocycles. The average molecular weight is 171 g/mol. The normalized spacial score (nSPS) is 35.0. The van der Waals surface area contributed by atoms with Crippen molar-refractivity contribution in [2.45, 2.75) is 25.4 Å². The quantitative estimate of drug-likeness (QED) is 0.601. The Bertz CT molecular complexity index is 138. The molecule has 2 N–H and O–H groups in total. The lowest BCUT2D eigenvalue weighted by atomic mass is 10.2. The Morgan fingerprint density at radius 2 is 2.00 bits per heavy atom. The summed E-state index contributed by atoms with van der Waals surface area (Å²) in [4.78, 5) is 4.78. The highest BCUT2D eigenvalue weighted by Crippen LogP contribution is 2.11. The third kappa shape index (κ3) is 2.19. The molecule has 0 bridgehead atoms. The van der Waals surface area contributed by atoms with Crippen LogP contribution in [0.3, 0.4) is 0 Å². The van der Waals surface area contributed by atoms with E-state index in [1.807, 2.05) is 0 Å². The first-order valence-corrected chi connectivity index (χ1v) is 4.75. The summed E-state index contributed by atoms with van der Waals surface area (Å²) in [7, 11) is 4.36. The molecule has 1 aliphatic heterocycles. The van der Waals surface area contributed by atoms with Gasteiger partial charge < -0.3 is 15.5 Å². The van der Waals surface area contributed by atoms with E-state index in [0.717, 1.165) is 13.1 Å². The Morgan fingerprint density at radius 3 is 2.58 bits per heavy atom. The molecular weight excluding hydrogens is 150 g/mol. The van der Waals surface area contributed by atoms with E-state index in [0.29, 0.717) is 12.1 Å². The van der Waals surface area contributed by atoms with Crippen molar-refractivity contribution in [3.8, 4) is 0 Å². The van der Waals surface area contributed by atoms with Gasteiger partial charge in [-0.25, -0.2) is 0 Å². The summed E-state index contributed by atoms with van der Waals surface area (Å²) in [5.74, 6) is 0. The molecule has 0 aromatic rings. The van der Waals surface area contributed by atoms with Crippen LogP contribution < -0.4 is 5.73 Å². The largest absolute Gasteiger partial charge is 0.329 e. The molecule has 3 nitrogen and oxygen atoms in total. The van der Waals surface area contributed by atoms with E-state index in [-0.39, 0.29) is 0 Å². The summed E-state index contributed by atoms with van der Waals surface area (Å²) in [5.41, 5.74) is 5.70. The molecule has 0 amide bonds. The lowest BCUT2D eigenvalue weighted by Gasteiger charge is -2.26. The van der Waals surface area contributed by atoms with Crippen LogP contribution in [0.15, 0.2) is 0 Å². The Morgan fingerprint density at radius 1 is 1.33 bits per heavy atom. The Kier molecular flexibility index (Phi) is 3.50. The number of rotatable bonds is 1. The minimum absolute atomic E-state index is 0.542. The minimum Gasteiger partial charge on any atom is -0.329 e. The van der Waals surface area contributed by atoms with E-state index in [2.05, 4.69) is 30.8 Å². The number of nitrogens with two attached hydrogens (primary N) is 1. The molecule has 12 heavy (non-hydrogen) atoms. The molecule has 2 atom stereocenters. The van der Waals surface area contributed by atoms with Crippen LogP contribution >= 0.6 is 0 Å². The van der Waals surface area contributed by atoms with E-state index < -0.39 is 0 Å². The first-order chi connectivity index (χ1) is 5.65. The summed E-state index contributed by atoms with van der Waals surface area (Å²) in [6.07, 6.45) is 1.25. The average Bonchev–Trinajstić information content (AvgIpc) is 2.18. The first-order valence-electron chi connectivity index (χ1n) is 4.75. The van der Waals surface area contributed by atoms with Crippen LogP contribution in [0.25, 0.3) is 0 Å². The van der Waals surface area contributed by atoms with Gasteiger partial charge in [-0.05, 0) is 34.0 Å². The van der Waals surface area contributed by atoms with Gasteiger partial charge in [-0.2, -0.15) is 0 Å². The SMILES string of the molecule is CC1CCN(C)C(CN)CN1C. The van der Waals surface area contributed by atoms with E-state index >= 15 is 0 Å². The fourth-order valence-corrected chi connectivity index (χ4v) is 1.70. The number of hydrogen-bond acceptors (Lipinski definition) is 3. The second-order valence-corrected chi connectivity index (χ2v) is 3.95. The summed E-state index contributed by atoms with van der Waals surface area (Å²) < 4.78 is 0. The second-order valence-electron chi connectivity index (χ2n) is 3.95. The summed E-state index contributed by atoms with van der Waals surface area (Å²) in [6.45, 7) is 5.34. The van der Waals surface area contributed by atoms with E-state index in [1.54, 1.807) is 0 Å². The molecular formula is C9H21N3. The lowest BCUT2D eigenvalue weighted by molar-refractivity contribution is 0.215. The highest BCUT2D eigenvalue weighted by atomic mass is 15.2. The maximum Gasteiger partial charge on any atom is 0.0342 e. The smallest absolute Gasteiger partial charge is 0.0342 e. The van der Waals surface area contributed by atoms with Crippen molar-refractivity contribution in [3.63, 3.8) is 0 Å². The highest BCUT2D eigenvalue weighted by Gasteiger charge is 2.22. The Balaban J connectivity index is 2.54. The maximum absolute atomic E-state index is 5.70. The zero-order chi connectivity index (χ0) is 9.14. The summed E-state index contributed by atoms with van der Waals surface area (Å²) in [6, 6.07) is 1.24. The van der Waals surface area contributed by atoms with Crippen molar-refractivity contribution in [2.75, 3.05) is 33.7 Å². The van der Waals surface area contributed by atoms with Gasteiger partial charge in [-0.1, -0.05) is 0 Å². The predicted molar refractivity (Wildman–Crippen MR) is 52.2 cm³/mol. The molecule has 1 fully saturated rings. The maximum atomic E-state index is 5.70. The van der Waals surface area contributed by atoms with Crippen LogP contribution in [0.2, 0.25) is 0 Å². The second kappa shape index (κ2) is 4.21. The molecule has 72 valence electrons. The van der Waals surface area contributed by atoms with Gasteiger partial charge in [-0.15, -0.1) is 0 Å². The van der Waals surface area contributed by atoms with Crippen molar-refractivity contribution in [1.29, 1.82) is 0 Å². The van der Waals surface area contributed by atoms with Crippen LogP contribution in [0, 0.1) is 0 Å². The van der Waals surface area contributed by atoms with Crippen LogP contribution in [0.4, 0.5) is 0 Å². The summed E-state index contributed by atoms with van der Waals surface area (Å²) in [5, 5.41) is 0.